The van der Waals surface area contributed by atoms with E-state index in [1.54, 1.807) is 12.1 Å². The third-order valence-corrected chi connectivity index (χ3v) is 3.95. The van der Waals surface area contributed by atoms with Gasteiger partial charge in [0.1, 0.15) is 5.03 Å². The molecule has 0 unspecified atom stereocenters. The Labute approximate surface area is 120 Å². The minimum atomic E-state index is -1.12. The minimum absolute atomic E-state index is 0.115. The summed E-state index contributed by atoms with van der Waals surface area (Å²) >= 11 is 7.21. The van der Waals surface area contributed by atoms with Crippen LogP contribution in [0, 0.1) is 13.8 Å². The zero-order chi connectivity index (χ0) is 14.0. The van der Waals surface area contributed by atoms with E-state index in [1.165, 1.54) is 22.9 Å². The first-order chi connectivity index (χ1) is 8.97. The molecule has 0 aliphatic carbocycles. The van der Waals surface area contributed by atoms with Crippen LogP contribution < -0.4 is 0 Å². The molecular weight excluding hydrogens is 282 g/mol. The molecule has 2 rings (SSSR count). The molecule has 0 radical (unpaired) electrons. The zero-order valence-corrected chi connectivity index (χ0v) is 12.0. The fourth-order valence-electron chi connectivity index (χ4n) is 1.53. The molecule has 0 aliphatic heterocycles. The van der Waals surface area contributed by atoms with Gasteiger partial charge in [0.25, 0.3) is 0 Å². The number of aryl methyl sites for hydroxylation is 2. The number of benzene rings is 1. The van der Waals surface area contributed by atoms with Gasteiger partial charge >= 0.3 is 5.97 Å². The number of hydrogen-bond acceptors (Lipinski definition) is 3. The van der Waals surface area contributed by atoms with Gasteiger partial charge in [-0.1, -0.05) is 29.4 Å². The van der Waals surface area contributed by atoms with Crippen molar-refractivity contribution in [2.75, 3.05) is 0 Å². The molecule has 0 saturated heterocycles. The van der Waals surface area contributed by atoms with Gasteiger partial charge in [-0.3, -0.25) is 0 Å². The number of pyridine rings is 1. The topological polar surface area (TPSA) is 50.2 Å². The van der Waals surface area contributed by atoms with Crippen LogP contribution in [0.25, 0.3) is 0 Å². The highest BCUT2D eigenvalue weighted by Crippen LogP contribution is 2.29. The van der Waals surface area contributed by atoms with E-state index in [9.17, 15) is 4.79 Å². The van der Waals surface area contributed by atoms with Gasteiger partial charge in [0.05, 0.1) is 5.02 Å². The van der Waals surface area contributed by atoms with Crippen LogP contribution in [0.3, 0.4) is 0 Å². The molecule has 0 amide bonds. The van der Waals surface area contributed by atoms with Crippen molar-refractivity contribution in [3.05, 3.63) is 52.2 Å². The van der Waals surface area contributed by atoms with Gasteiger partial charge in [-0.25, -0.2) is 9.78 Å². The van der Waals surface area contributed by atoms with Crippen molar-refractivity contribution in [2.24, 2.45) is 0 Å². The summed E-state index contributed by atoms with van der Waals surface area (Å²) in [6.45, 7) is 4.09. The molecule has 0 fully saturated rings. The normalized spacial score (nSPS) is 10.5. The molecule has 0 bridgehead atoms. The number of rotatable bonds is 3. The van der Waals surface area contributed by atoms with Gasteiger partial charge in [-0.05, 0) is 49.2 Å². The molecule has 3 nitrogen and oxygen atoms in total. The van der Waals surface area contributed by atoms with Crippen molar-refractivity contribution in [3.63, 3.8) is 0 Å². The number of hydrogen-bond donors (Lipinski definition) is 1. The van der Waals surface area contributed by atoms with E-state index in [-0.39, 0.29) is 10.7 Å². The van der Waals surface area contributed by atoms with Gasteiger partial charge in [0.15, 0.2) is 5.69 Å². The number of aromatic carboxylic acids is 1. The van der Waals surface area contributed by atoms with E-state index in [0.717, 1.165) is 4.90 Å². The molecular formula is C14H12ClNO2S. The van der Waals surface area contributed by atoms with Crippen molar-refractivity contribution in [1.82, 2.24) is 4.98 Å². The molecule has 19 heavy (non-hydrogen) atoms. The highest BCUT2D eigenvalue weighted by molar-refractivity contribution is 7.99. The lowest BCUT2D eigenvalue weighted by atomic mass is 10.1. The highest BCUT2D eigenvalue weighted by Gasteiger charge is 2.12. The Balaban J connectivity index is 2.30. The molecule has 1 heterocycles. The Morgan fingerprint density at radius 2 is 1.95 bits per heavy atom. The van der Waals surface area contributed by atoms with Gasteiger partial charge < -0.3 is 5.11 Å². The second-order valence-electron chi connectivity index (χ2n) is 4.13. The molecule has 0 saturated carbocycles. The third kappa shape index (κ3) is 3.28. The predicted molar refractivity (Wildman–Crippen MR) is 76.2 cm³/mol. The monoisotopic (exact) mass is 293 g/mol. The number of carboxylic acid groups (broad SMARTS) is 1. The molecule has 98 valence electrons. The first kappa shape index (κ1) is 13.9. The number of carboxylic acids is 1. The highest BCUT2D eigenvalue weighted by atomic mass is 35.5. The van der Waals surface area contributed by atoms with Crippen molar-refractivity contribution < 1.29 is 9.90 Å². The van der Waals surface area contributed by atoms with Crippen LogP contribution in [-0.4, -0.2) is 16.1 Å². The maximum Gasteiger partial charge on any atom is 0.356 e. The number of carbonyl (C=O) groups is 1. The van der Waals surface area contributed by atoms with Crippen molar-refractivity contribution >= 4 is 29.3 Å². The van der Waals surface area contributed by atoms with Crippen LogP contribution in [0.4, 0.5) is 0 Å². The number of nitrogens with zero attached hydrogens (tertiary/aromatic N) is 1. The molecule has 0 aliphatic rings. The van der Waals surface area contributed by atoms with E-state index in [2.05, 4.69) is 11.1 Å². The minimum Gasteiger partial charge on any atom is -0.476 e. The Kier molecular flexibility index (Phi) is 4.12. The standard InChI is InChI=1S/C14H12ClNO2S/c1-8-3-4-10(7-9(8)2)19-12-6-5-11(15)13(16-12)14(17)18/h3-7H,1-2H3,(H,17,18). The lowest BCUT2D eigenvalue weighted by molar-refractivity contribution is 0.0690. The van der Waals surface area contributed by atoms with Gasteiger partial charge in [-0.2, -0.15) is 0 Å². The summed E-state index contributed by atoms with van der Waals surface area (Å²) in [5, 5.41) is 9.75. The predicted octanol–water partition coefficient (Wildman–Crippen LogP) is 4.20. The SMILES string of the molecule is Cc1ccc(Sc2ccc(Cl)c(C(=O)O)n2)cc1C. The Hall–Kier alpha value is -1.52. The van der Waals surface area contributed by atoms with E-state index < -0.39 is 5.97 Å². The number of aromatic nitrogens is 1. The first-order valence-electron chi connectivity index (χ1n) is 5.62. The fourth-order valence-corrected chi connectivity index (χ4v) is 2.60. The summed E-state index contributed by atoms with van der Waals surface area (Å²) in [7, 11) is 0. The van der Waals surface area contributed by atoms with Crippen molar-refractivity contribution in [1.29, 1.82) is 0 Å². The van der Waals surface area contributed by atoms with Crippen LogP contribution in [0.2, 0.25) is 5.02 Å². The zero-order valence-electron chi connectivity index (χ0n) is 10.5. The Morgan fingerprint density at radius 3 is 2.58 bits per heavy atom. The van der Waals surface area contributed by atoms with E-state index in [1.807, 2.05) is 26.0 Å². The summed E-state index contributed by atoms with van der Waals surface area (Å²) in [4.78, 5) is 16.0. The van der Waals surface area contributed by atoms with E-state index >= 15 is 0 Å². The average Bonchev–Trinajstić information content (AvgIpc) is 2.36. The maximum atomic E-state index is 11.0. The van der Waals surface area contributed by atoms with Gasteiger partial charge in [-0.15, -0.1) is 0 Å². The molecule has 0 spiro atoms. The summed E-state index contributed by atoms with van der Waals surface area (Å²) in [6.07, 6.45) is 0. The summed E-state index contributed by atoms with van der Waals surface area (Å²) in [6, 6.07) is 9.35. The smallest absolute Gasteiger partial charge is 0.356 e. The van der Waals surface area contributed by atoms with E-state index in [4.69, 9.17) is 16.7 Å². The second-order valence-corrected chi connectivity index (χ2v) is 5.63. The molecule has 1 aromatic heterocycles. The van der Waals surface area contributed by atoms with Crippen LogP contribution in [0.15, 0.2) is 40.3 Å². The summed E-state index contributed by atoms with van der Waals surface area (Å²) in [5.74, 6) is -1.12. The average molecular weight is 294 g/mol. The summed E-state index contributed by atoms with van der Waals surface area (Å²) < 4.78 is 0. The fraction of sp³-hybridized carbons (Fsp3) is 0.143. The van der Waals surface area contributed by atoms with Gasteiger partial charge in [0, 0.05) is 4.90 Å². The molecule has 1 N–H and O–H groups in total. The van der Waals surface area contributed by atoms with Crippen molar-refractivity contribution in [2.45, 2.75) is 23.8 Å². The lowest BCUT2D eigenvalue weighted by Gasteiger charge is -2.06. The molecule has 2 aromatic rings. The molecule has 1 aromatic carbocycles. The van der Waals surface area contributed by atoms with E-state index in [0.29, 0.717) is 5.03 Å². The quantitative estimate of drug-likeness (QED) is 0.921. The maximum absolute atomic E-state index is 11.0. The first-order valence-corrected chi connectivity index (χ1v) is 6.82. The summed E-state index contributed by atoms with van der Waals surface area (Å²) in [5.41, 5.74) is 2.30. The van der Waals surface area contributed by atoms with Crippen LogP contribution in [-0.2, 0) is 0 Å². The second kappa shape index (κ2) is 5.63. The van der Waals surface area contributed by atoms with Crippen LogP contribution in [0.5, 0.6) is 0 Å². The number of halogens is 1. The Morgan fingerprint density at radius 1 is 1.21 bits per heavy atom. The van der Waals surface area contributed by atoms with Crippen molar-refractivity contribution in [3.8, 4) is 0 Å². The molecule has 5 heteroatoms. The molecule has 0 atom stereocenters. The largest absolute Gasteiger partial charge is 0.476 e. The van der Waals surface area contributed by atoms with Gasteiger partial charge in [0.2, 0.25) is 0 Å². The Bertz CT molecular complexity index is 643. The van der Waals surface area contributed by atoms with Crippen LogP contribution in [0.1, 0.15) is 21.6 Å². The third-order valence-electron chi connectivity index (χ3n) is 2.72. The van der Waals surface area contributed by atoms with Crippen LogP contribution >= 0.6 is 23.4 Å². The lowest BCUT2D eigenvalue weighted by Crippen LogP contribution is -2.01.